The third kappa shape index (κ3) is 3.22. The minimum Gasteiger partial charge on any atom is -0.481 e. The largest absolute Gasteiger partial charge is 0.481 e. The Morgan fingerprint density at radius 1 is 1.24 bits per heavy atom. The Balaban J connectivity index is 1.81. The van der Waals surface area contributed by atoms with E-state index in [1.165, 1.54) is 23.1 Å². The minimum atomic E-state index is -4.54. The summed E-state index contributed by atoms with van der Waals surface area (Å²) in [6, 6.07) is 4.48. The molecule has 8 heteroatoms. The molecule has 2 fully saturated rings. The van der Waals surface area contributed by atoms with Crippen LogP contribution in [-0.4, -0.2) is 47.6 Å². The van der Waals surface area contributed by atoms with Gasteiger partial charge in [0.1, 0.15) is 0 Å². The van der Waals surface area contributed by atoms with Crippen molar-refractivity contribution >= 4 is 17.6 Å². The van der Waals surface area contributed by atoms with E-state index in [4.69, 9.17) is 0 Å². The molecule has 1 aromatic rings. The van der Waals surface area contributed by atoms with Gasteiger partial charge in [-0.3, -0.25) is 14.5 Å². The molecule has 0 spiro atoms. The molecule has 1 amide bonds. The fourth-order valence-electron chi connectivity index (χ4n) is 3.77. The number of carboxylic acids is 1. The molecule has 0 radical (unpaired) electrons. The second kappa shape index (κ2) is 6.33. The SMILES string of the molecule is C[C@@H]1CN(C2CCN(c3ccccc3C(F)(F)F)C2=O)C[C@H]1C(=O)O. The highest BCUT2D eigenvalue weighted by Crippen LogP contribution is 2.39. The van der Waals surface area contributed by atoms with E-state index >= 15 is 0 Å². The molecule has 1 N–H and O–H groups in total. The zero-order chi connectivity index (χ0) is 18.4. The molecule has 0 aromatic heterocycles. The zero-order valence-electron chi connectivity index (χ0n) is 13.7. The van der Waals surface area contributed by atoms with Gasteiger partial charge in [-0.15, -0.1) is 0 Å². The maximum absolute atomic E-state index is 13.2. The van der Waals surface area contributed by atoms with Crippen LogP contribution in [0.25, 0.3) is 0 Å². The first-order valence-corrected chi connectivity index (χ1v) is 8.14. The lowest BCUT2D eigenvalue weighted by molar-refractivity contribution is -0.142. The fraction of sp³-hybridized carbons (Fsp3) is 0.529. The molecule has 1 aromatic carbocycles. The Bertz CT molecular complexity index is 692. The smallest absolute Gasteiger partial charge is 0.418 e. The number of carbonyl (C=O) groups is 2. The number of hydrogen-bond donors (Lipinski definition) is 1. The lowest BCUT2D eigenvalue weighted by Gasteiger charge is -2.25. The molecular weight excluding hydrogens is 337 g/mol. The topological polar surface area (TPSA) is 60.9 Å². The van der Waals surface area contributed by atoms with Crippen LogP contribution < -0.4 is 4.90 Å². The highest BCUT2D eigenvalue weighted by Gasteiger charge is 2.45. The predicted octanol–water partition coefficient (Wildman–Crippen LogP) is 2.46. The van der Waals surface area contributed by atoms with Gasteiger partial charge in [0.15, 0.2) is 0 Å². The molecule has 25 heavy (non-hydrogen) atoms. The number of carboxylic acid groups (broad SMARTS) is 1. The maximum Gasteiger partial charge on any atom is 0.418 e. The molecular formula is C17H19F3N2O3. The van der Waals surface area contributed by atoms with Crippen molar-refractivity contribution in [1.82, 2.24) is 4.90 Å². The summed E-state index contributed by atoms with van der Waals surface area (Å²) in [6.07, 6.45) is -4.14. The highest BCUT2D eigenvalue weighted by atomic mass is 19.4. The van der Waals surface area contributed by atoms with Crippen molar-refractivity contribution in [1.29, 1.82) is 0 Å². The van der Waals surface area contributed by atoms with Crippen LogP contribution >= 0.6 is 0 Å². The minimum absolute atomic E-state index is 0.0955. The fourth-order valence-corrected chi connectivity index (χ4v) is 3.77. The third-order valence-corrected chi connectivity index (χ3v) is 5.08. The normalized spacial score (nSPS) is 27.9. The molecule has 2 aliphatic heterocycles. The Morgan fingerprint density at radius 3 is 2.52 bits per heavy atom. The van der Waals surface area contributed by atoms with Gasteiger partial charge in [0.25, 0.3) is 0 Å². The molecule has 3 rings (SSSR count). The van der Waals surface area contributed by atoms with Crippen molar-refractivity contribution < 1.29 is 27.9 Å². The van der Waals surface area contributed by atoms with Crippen molar-refractivity contribution in [3.63, 3.8) is 0 Å². The average Bonchev–Trinajstić information content (AvgIpc) is 3.09. The first-order valence-electron chi connectivity index (χ1n) is 8.14. The van der Waals surface area contributed by atoms with Gasteiger partial charge in [-0.1, -0.05) is 19.1 Å². The summed E-state index contributed by atoms with van der Waals surface area (Å²) >= 11 is 0. The van der Waals surface area contributed by atoms with Gasteiger partial charge in [0.2, 0.25) is 5.91 Å². The Hall–Kier alpha value is -2.09. The first kappa shape index (κ1) is 17.7. The lowest BCUT2D eigenvalue weighted by Crippen LogP contribution is -2.41. The van der Waals surface area contributed by atoms with E-state index in [0.717, 1.165) is 6.07 Å². The van der Waals surface area contributed by atoms with E-state index < -0.39 is 35.6 Å². The van der Waals surface area contributed by atoms with Crippen LogP contribution in [-0.2, 0) is 15.8 Å². The summed E-state index contributed by atoms with van der Waals surface area (Å²) in [4.78, 5) is 26.9. The van der Waals surface area contributed by atoms with Crippen LogP contribution in [0, 0.1) is 11.8 Å². The van der Waals surface area contributed by atoms with Gasteiger partial charge in [-0.2, -0.15) is 13.2 Å². The van der Waals surface area contributed by atoms with E-state index in [0.29, 0.717) is 13.0 Å². The molecule has 0 saturated carbocycles. The van der Waals surface area contributed by atoms with E-state index in [1.54, 1.807) is 4.90 Å². The number of anilines is 1. The highest BCUT2D eigenvalue weighted by molar-refractivity contribution is 6.00. The van der Waals surface area contributed by atoms with Crippen LogP contribution in [0.5, 0.6) is 0 Å². The number of aliphatic carboxylic acids is 1. The second-order valence-corrected chi connectivity index (χ2v) is 6.69. The van der Waals surface area contributed by atoms with Gasteiger partial charge < -0.3 is 10.0 Å². The van der Waals surface area contributed by atoms with Crippen molar-refractivity contribution in [2.45, 2.75) is 25.6 Å². The summed E-state index contributed by atoms with van der Waals surface area (Å²) in [7, 11) is 0. The number of amides is 1. The lowest BCUT2D eigenvalue weighted by atomic mass is 9.99. The first-order chi connectivity index (χ1) is 11.7. The van der Waals surface area contributed by atoms with Crippen LogP contribution in [0.4, 0.5) is 18.9 Å². The molecule has 136 valence electrons. The van der Waals surface area contributed by atoms with Crippen molar-refractivity contribution in [3.05, 3.63) is 29.8 Å². The Morgan fingerprint density at radius 2 is 1.92 bits per heavy atom. The Labute approximate surface area is 143 Å². The van der Waals surface area contributed by atoms with Crippen molar-refractivity contribution in [3.8, 4) is 0 Å². The quantitative estimate of drug-likeness (QED) is 0.904. The molecule has 0 aliphatic carbocycles. The molecule has 5 nitrogen and oxygen atoms in total. The number of rotatable bonds is 3. The summed E-state index contributed by atoms with van der Waals surface area (Å²) in [5, 5.41) is 9.22. The zero-order valence-corrected chi connectivity index (χ0v) is 13.7. The number of likely N-dealkylation sites (tertiary alicyclic amines) is 1. The number of para-hydroxylation sites is 1. The molecule has 2 heterocycles. The number of carbonyl (C=O) groups excluding carboxylic acids is 1. The number of hydrogen-bond acceptors (Lipinski definition) is 3. The third-order valence-electron chi connectivity index (χ3n) is 5.08. The molecule has 3 atom stereocenters. The van der Waals surface area contributed by atoms with Crippen LogP contribution in [0.15, 0.2) is 24.3 Å². The van der Waals surface area contributed by atoms with Gasteiger partial charge in [-0.25, -0.2) is 0 Å². The van der Waals surface area contributed by atoms with Crippen molar-refractivity contribution in [2.75, 3.05) is 24.5 Å². The van der Waals surface area contributed by atoms with Gasteiger partial charge >= 0.3 is 12.1 Å². The van der Waals surface area contributed by atoms with E-state index in [9.17, 15) is 27.9 Å². The summed E-state index contributed by atoms with van der Waals surface area (Å²) < 4.78 is 39.6. The monoisotopic (exact) mass is 356 g/mol. The summed E-state index contributed by atoms with van der Waals surface area (Å²) in [6.45, 7) is 2.72. The van der Waals surface area contributed by atoms with Gasteiger partial charge in [-0.05, 0) is 24.5 Å². The molecule has 2 aliphatic rings. The number of nitrogens with zero attached hydrogens (tertiary/aromatic N) is 2. The van der Waals surface area contributed by atoms with E-state index in [1.807, 2.05) is 6.92 Å². The molecule has 2 saturated heterocycles. The Kier molecular flexibility index (Phi) is 4.49. The second-order valence-electron chi connectivity index (χ2n) is 6.69. The van der Waals surface area contributed by atoms with Gasteiger partial charge in [0.05, 0.1) is 23.2 Å². The summed E-state index contributed by atoms with van der Waals surface area (Å²) in [5.74, 6) is -1.94. The van der Waals surface area contributed by atoms with Crippen LogP contribution in [0.2, 0.25) is 0 Å². The molecule has 0 bridgehead atoms. The predicted molar refractivity (Wildman–Crippen MR) is 84.1 cm³/mol. The van der Waals surface area contributed by atoms with Crippen LogP contribution in [0.1, 0.15) is 18.9 Å². The number of halogens is 3. The van der Waals surface area contributed by atoms with E-state index in [-0.39, 0.29) is 24.7 Å². The van der Waals surface area contributed by atoms with Crippen LogP contribution in [0.3, 0.4) is 0 Å². The van der Waals surface area contributed by atoms with Crippen molar-refractivity contribution in [2.24, 2.45) is 11.8 Å². The van der Waals surface area contributed by atoms with Gasteiger partial charge in [0, 0.05) is 19.6 Å². The van der Waals surface area contributed by atoms with E-state index in [2.05, 4.69) is 0 Å². The number of benzene rings is 1. The summed E-state index contributed by atoms with van der Waals surface area (Å²) in [5.41, 5.74) is -0.966. The maximum atomic E-state index is 13.2. The average molecular weight is 356 g/mol. The standard InChI is InChI=1S/C17H19F3N2O3/c1-10-8-21(9-11(10)16(24)25)14-6-7-22(15(14)23)13-5-3-2-4-12(13)17(18,19)20/h2-5,10-11,14H,6-9H2,1H3,(H,24,25)/t10-,11-,14?/m1/s1. The number of alkyl halides is 3. The molecule has 1 unspecified atom stereocenters.